The van der Waals surface area contributed by atoms with E-state index in [0.717, 1.165) is 32.8 Å². The van der Waals surface area contributed by atoms with Crippen LogP contribution >= 0.6 is 0 Å². The number of hydrogen-bond donors (Lipinski definition) is 1. The number of amides is 3. The van der Waals surface area contributed by atoms with Gasteiger partial charge in [-0.2, -0.15) is 0 Å². The highest BCUT2D eigenvalue weighted by Gasteiger charge is 2.43. The molecule has 7 nitrogen and oxygen atoms in total. The van der Waals surface area contributed by atoms with E-state index in [1.165, 1.54) is 4.90 Å². The fourth-order valence-corrected chi connectivity index (χ4v) is 5.47. The van der Waals surface area contributed by atoms with Gasteiger partial charge in [0.15, 0.2) is 0 Å². The number of likely N-dealkylation sites (N-methyl/N-ethyl adjacent to an activating group) is 1. The Hall–Kier alpha value is -4.26. The van der Waals surface area contributed by atoms with Crippen LogP contribution in [-0.2, 0) is 27.3 Å². The van der Waals surface area contributed by atoms with Gasteiger partial charge in [0, 0.05) is 31.6 Å². The molecule has 1 aromatic heterocycles. The molecule has 0 aliphatic carbocycles. The molecule has 0 bridgehead atoms. The minimum Gasteiger partial charge on any atom is -0.357 e. The molecule has 2 atom stereocenters. The molecule has 2 unspecified atom stereocenters. The van der Waals surface area contributed by atoms with Crippen molar-refractivity contribution in [2.24, 2.45) is 5.92 Å². The van der Waals surface area contributed by atoms with Gasteiger partial charge in [-0.15, -0.1) is 0 Å². The van der Waals surface area contributed by atoms with Crippen LogP contribution in [-0.4, -0.2) is 58.2 Å². The molecule has 3 amide bonds. The first-order chi connectivity index (χ1) is 18.8. The highest BCUT2D eigenvalue weighted by Crippen LogP contribution is 2.26. The number of pyridine rings is 1. The second kappa shape index (κ2) is 11.2. The van der Waals surface area contributed by atoms with Crippen LogP contribution in [0.25, 0.3) is 21.7 Å². The molecule has 0 radical (unpaired) electrons. The lowest BCUT2D eigenvalue weighted by molar-refractivity contribution is -0.161. The summed E-state index contributed by atoms with van der Waals surface area (Å²) >= 11 is 0. The smallest absolute Gasteiger partial charge is 0.246 e. The molecule has 1 aliphatic heterocycles. The van der Waals surface area contributed by atoms with Crippen LogP contribution in [0.15, 0.2) is 79.0 Å². The summed E-state index contributed by atoms with van der Waals surface area (Å²) < 4.78 is 0. The fourth-order valence-electron chi connectivity index (χ4n) is 5.47. The average Bonchev–Trinajstić information content (AvgIpc) is 2.94. The molecule has 200 valence electrons. The van der Waals surface area contributed by atoms with E-state index in [1.54, 1.807) is 18.1 Å². The number of aromatic nitrogens is 1. The van der Waals surface area contributed by atoms with Gasteiger partial charge in [-0.3, -0.25) is 19.4 Å². The number of nitrogens with one attached hydrogen (secondary N) is 1. The third-order valence-electron chi connectivity index (χ3n) is 7.45. The Morgan fingerprint density at radius 3 is 2.44 bits per heavy atom. The van der Waals surface area contributed by atoms with Gasteiger partial charge >= 0.3 is 0 Å². The molecule has 1 aliphatic rings. The van der Waals surface area contributed by atoms with Crippen LogP contribution in [0, 0.1) is 5.92 Å². The lowest BCUT2D eigenvalue weighted by Gasteiger charge is -2.43. The van der Waals surface area contributed by atoms with Gasteiger partial charge in [-0.1, -0.05) is 68.4 Å². The highest BCUT2D eigenvalue weighted by molar-refractivity contribution is 5.98. The lowest BCUT2D eigenvalue weighted by atomic mass is 9.95. The minimum absolute atomic E-state index is 0.131. The van der Waals surface area contributed by atoms with Crippen molar-refractivity contribution >= 4 is 39.4 Å². The summed E-state index contributed by atoms with van der Waals surface area (Å²) in [4.78, 5) is 48.3. The monoisotopic (exact) mass is 522 g/mol. The zero-order valence-electron chi connectivity index (χ0n) is 22.6. The number of fused-ring (bicyclic) bond motifs is 2. The third kappa shape index (κ3) is 5.62. The van der Waals surface area contributed by atoms with Gasteiger partial charge in [-0.25, -0.2) is 0 Å². The van der Waals surface area contributed by atoms with E-state index < -0.39 is 12.1 Å². The number of benzene rings is 3. The molecule has 7 heteroatoms. The maximum absolute atomic E-state index is 14.0. The standard InChI is InChI=1S/C32H34N4O3/c1-21(2)15-29-32(39)36(20-30(37)35(29)19-23-11-13-27-26(17-23)9-6-14-34-27)28(31(38)33-3)18-22-10-12-24-7-4-5-8-25(24)16-22/h4-14,16-17,21,28-29H,15,18-20H2,1-3H3,(H,33,38). The molecule has 1 fully saturated rings. The SMILES string of the molecule is CNC(=O)C(Cc1ccc2ccccc2c1)N1CC(=O)N(Cc2ccc3ncccc3c2)C(CC(C)C)C1=O. The summed E-state index contributed by atoms with van der Waals surface area (Å²) in [6, 6.07) is 22.5. The Morgan fingerprint density at radius 2 is 1.67 bits per heavy atom. The molecule has 0 saturated carbocycles. The Kier molecular flexibility index (Phi) is 7.59. The van der Waals surface area contributed by atoms with E-state index >= 15 is 0 Å². The second-order valence-electron chi connectivity index (χ2n) is 10.7. The molecule has 5 rings (SSSR count). The van der Waals surface area contributed by atoms with Crippen molar-refractivity contribution in [1.29, 1.82) is 0 Å². The summed E-state index contributed by atoms with van der Waals surface area (Å²) in [5.41, 5.74) is 2.77. The van der Waals surface area contributed by atoms with Gasteiger partial charge in [0.1, 0.15) is 18.6 Å². The number of rotatable bonds is 8. The number of carbonyl (C=O) groups excluding carboxylic acids is 3. The van der Waals surface area contributed by atoms with Gasteiger partial charge in [0.05, 0.1) is 5.52 Å². The molecule has 1 N–H and O–H groups in total. The maximum atomic E-state index is 14.0. The topological polar surface area (TPSA) is 82.6 Å². The third-order valence-corrected chi connectivity index (χ3v) is 7.45. The van der Waals surface area contributed by atoms with Crippen molar-refractivity contribution in [3.8, 4) is 0 Å². The lowest BCUT2D eigenvalue weighted by Crippen LogP contribution is -2.64. The van der Waals surface area contributed by atoms with Gasteiger partial charge in [0.2, 0.25) is 17.7 Å². The average molecular weight is 523 g/mol. The van der Waals surface area contributed by atoms with Crippen molar-refractivity contribution in [2.45, 2.75) is 45.3 Å². The normalized spacial score (nSPS) is 16.8. The minimum atomic E-state index is -0.781. The van der Waals surface area contributed by atoms with Crippen molar-refractivity contribution in [1.82, 2.24) is 20.1 Å². The van der Waals surface area contributed by atoms with Crippen LogP contribution in [0.1, 0.15) is 31.4 Å². The molecule has 39 heavy (non-hydrogen) atoms. The summed E-state index contributed by atoms with van der Waals surface area (Å²) in [5, 5.41) is 5.88. The number of piperazine rings is 1. The van der Waals surface area contributed by atoms with Crippen LogP contribution in [0.5, 0.6) is 0 Å². The predicted octanol–water partition coefficient (Wildman–Crippen LogP) is 4.33. The Balaban J connectivity index is 1.43. The first-order valence-electron chi connectivity index (χ1n) is 13.5. The van der Waals surface area contributed by atoms with E-state index in [4.69, 9.17) is 0 Å². The van der Waals surface area contributed by atoms with Gasteiger partial charge in [-0.05, 0) is 52.4 Å². The van der Waals surface area contributed by atoms with E-state index in [0.29, 0.717) is 19.4 Å². The Morgan fingerprint density at radius 1 is 0.949 bits per heavy atom. The maximum Gasteiger partial charge on any atom is 0.246 e. The first kappa shape index (κ1) is 26.4. The largest absolute Gasteiger partial charge is 0.357 e. The summed E-state index contributed by atoms with van der Waals surface area (Å²) in [7, 11) is 1.57. The van der Waals surface area contributed by atoms with Crippen molar-refractivity contribution < 1.29 is 14.4 Å². The molecular weight excluding hydrogens is 488 g/mol. The Labute approximate surface area is 228 Å². The number of carbonyl (C=O) groups is 3. The van der Waals surface area contributed by atoms with E-state index in [-0.39, 0.29) is 30.2 Å². The van der Waals surface area contributed by atoms with Crippen LogP contribution < -0.4 is 5.32 Å². The fraction of sp³-hybridized carbons (Fsp3) is 0.312. The Bertz CT molecular complexity index is 1530. The second-order valence-corrected chi connectivity index (χ2v) is 10.7. The summed E-state index contributed by atoms with van der Waals surface area (Å²) in [6.07, 6.45) is 2.60. The van der Waals surface area contributed by atoms with Crippen LogP contribution in [0.4, 0.5) is 0 Å². The zero-order valence-corrected chi connectivity index (χ0v) is 22.6. The zero-order chi connectivity index (χ0) is 27.5. The van der Waals surface area contributed by atoms with E-state index in [9.17, 15) is 14.4 Å². The van der Waals surface area contributed by atoms with E-state index in [2.05, 4.69) is 10.3 Å². The quantitative estimate of drug-likeness (QED) is 0.373. The van der Waals surface area contributed by atoms with Gasteiger partial charge < -0.3 is 15.1 Å². The van der Waals surface area contributed by atoms with Crippen LogP contribution in [0.3, 0.4) is 0 Å². The summed E-state index contributed by atoms with van der Waals surface area (Å²) in [6.45, 7) is 4.29. The molecule has 2 heterocycles. The van der Waals surface area contributed by atoms with Crippen molar-refractivity contribution in [3.63, 3.8) is 0 Å². The van der Waals surface area contributed by atoms with Gasteiger partial charge in [0.25, 0.3) is 0 Å². The summed E-state index contributed by atoms with van der Waals surface area (Å²) in [5.74, 6) is -0.420. The molecule has 4 aromatic rings. The molecule has 1 saturated heterocycles. The molecule has 3 aromatic carbocycles. The van der Waals surface area contributed by atoms with Crippen LogP contribution in [0.2, 0.25) is 0 Å². The molecule has 0 spiro atoms. The highest BCUT2D eigenvalue weighted by atomic mass is 16.2. The number of hydrogen-bond acceptors (Lipinski definition) is 4. The van der Waals surface area contributed by atoms with Crippen molar-refractivity contribution in [2.75, 3.05) is 13.6 Å². The number of nitrogens with zero attached hydrogens (tertiary/aromatic N) is 3. The van der Waals surface area contributed by atoms with E-state index in [1.807, 2.05) is 86.6 Å². The predicted molar refractivity (Wildman–Crippen MR) is 153 cm³/mol. The van der Waals surface area contributed by atoms with Crippen molar-refractivity contribution in [3.05, 3.63) is 90.1 Å². The molecular formula is C32H34N4O3. The first-order valence-corrected chi connectivity index (χ1v) is 13.5.